The molecule has 0 aliphatic carbocycles. The molecule has 0 unspecified atom stereocenters. The van der Waals surface area contributed by atoms with Gasteiger partial charge in [0.2, 0.25) is 0 Å². The Morgan fingerprint density at radius 2 is 1.80 bits per heavy atom. The van der Waals surface area contributed by atoms with Gasteiger partial charge in [-0.05, 0) is 38.5 Å². The van der Waals surface area contributed by atoms with E-state index in [0.29, 0.717) is 0 Å². The van der Waals surface area contributed by atoms with Crippen LogP contribution in [0.1, 0.15) is 50.4 Å². The van der Waals surface area contributed by atoms with E-state index in [2.05, 4.69) is 59.3 Å². The summed E-state index contributed by atoms with van der Waals surface area (Å²) in [4.78, 5) is 9.36. The average molecular weight is 339 g/mol. The number of aromatic nitrogens is 3. The Hall–Kier alpha value is -2.30. The van der Waals surface area contributed by atoms with Crippen molar-refractivity contribution in [3.05, 3.63) is 48.1 Å². The largest absolute Gasteiger partial charge is 0.358 e. The first kappa shape index (κ1) is 17.5. The predicted molar refractivity (Wildman–Crippen MR) is 103 cm³/mol. The van der Waals surface area contributed by atoms with Crippen LogP contribution in [0, 0.1) is 13.8 Å². The molecule has 3 rings (SSSR count). The maximum absolute atomic E-state index is 4.80. The SMILES string of the molecule is CCCCCCCN1C=CN(c2cccc(-n3nc(C)cc3C)n2)C1. The van der Waals surface area contributed by atoms with Gasteiger partial charge in [0.15, 0.2) is 5.82 Å². The highest BCUT2D eigenvalue weighted by molar-refractivity contribution is 5.46. The highest BCUT2D eigenvalue weighted by atomic mass is 15.4. The third-order valence-electron chi connectivity index (χ3n) is 4.58. The molecule has 2 aromatic rings. The Bertz CT molecular complexity index is 719. The molecule has 5 nitrogen and oxygen atoms in total. The number of hydrogen-bond acceptors (Lipinski definition) is 4. The number of rotatable bonds is 8. The Kier molecular flexibility index (Phi) is 5.74. The van der Waals surface area contributed by atoms with E-state index in [4.69, 9.17) is 4.98 Å². The lowest BCUT2D eigenvalue weighted by Gasteiger charge is -2.21. The Balaban J connectivity index is 1.59. The summed E-state index contributed by atoms with van der Waals surface area (Å²) in [6.07, 6.45) is 10.9. The number of aryl methyl sites for hydroxylation is 2. The average Bonchev–Trinajstić information content (AvgIpc) is 3.21. The molecule has 0 bridgehead atoms. The molecule has 0 saturated heterocycles. The van der Waals surface area contributed by atoms with Crippen molar-refractivity contribution in [2.45, 2.75) is 52.9 Å². The van der Waals surface area contributed by atoms with Crippen molar-refractivity contribution in [1.29, 1.82) is 0 Å². The maximum Gasteiger partial charge on any atom is 0.156 e. The molecule has 3 heterocycles. The highest BCUT2D eigenvalue weighted by Gasteiger charge is 2.15. The van der Waals surface area contributed by atoms with Gasteiger partial charge in [-0.2, -0.15) is 5.10 Å². The molecular weight excluding hydrogens is 310 g/mol. The highest BCUT2D eigenvalue weighted by Crippen LogP contribution is 2.20. The van der Waals surface area contributed by atoms with E-state index in [9.17, 15) is 0 Å². The number of anilines is 1. The van der Waals surface area contributed by atoms with Crippen LogP contribution in [0.25, 0.3) is 5.82 Å². The molecule has 0 spiro atoms. The van der Waals surface area contributed by atoms with E-state index in [1.807, 2.05) is 17.7 Å². The molecule has 0 amide bonds. The first-order chi connectivity index (χ1) is 12.2. The fourth-order valence-electron chi connectivity index (χ4n) is 3.23. The van der Waals surface area contributed by atoms with Crippen LogP contribution in [0.2, 0.25) is 0 Å². The van der Waals surface area contributed by atoms with Gasteiger partial charge in [-0.15, -0.1) is 0 Å². The predicted octanol–water partition coefficient (Wildman–Crippen LogP) is 4.41. The molecule has 25 heavy (non-hydrogen) atoms. The molecule has 0 N–H and O–H groups in total. The summed E-state index contributed by atoms with van der Waals surface area (Å²) in [5.74, 6) is 1.84. The van der Waals surface area contributed by atoms with Crippen molar-refractivity contribution < 1.29 is 0 Å². The van der Waals surface area contributed by atoms with Crippen molar-refractivity contribution in [1.82, 2.24) is 19.7 Å². The lowest BCUT2D eigenvalue weighted by atomic mass is 10.1. The van der Waals surface area contributed by atoms with Crippen LogP contribution in [0.4, 0.5) is 5.82 Å². The summed E-state index contributed by atoms with van der Waals surface area (Å²) >= 11 is 0. The van der Waals surface area contributed by atoms with Crippen LogP contribution in [0.5, 0.6) is 0 Å². The van der Waals surface area contributed by atoms with Gasteiger partial charge in [-0.3, -0.25) is 0 Å². The second-order valence-corrected chi connectivity index (χ2v) is 6.83. The van der Waals surface area contributed by atoms with Crippen LogP contribution in [0.15, 0.2) is 36.7 Å². The summed E-state index contributed by atoms with van der Waals surface area (Å²) in [5.41, 5.74) is 2.12. The van der Waals surface area contributed by atoms with Gasteiger partial charge < -0.3 is 9.80 Å². The summed E-state index contributed by atoms with van der Waals surface area (Å²) in [5, 5.41) is 4.54. The lowest BCUT2D eigenvalue weighted by molar-refractivity contribution is 0.388. The van der Waals surface area contributed by atoms with Crippen LogP contribution in [-0.4, -0.2) is 32.9 Å². The van der Waals surface area contributed by atoms with Crippen molar-refractivity contribution in [3.63, 3.8) is 0 Å². The zero-order chi connectivity index (χ0) is 17.6. The van der Waals surface area contributed by atoms with Gasteiger partial charge in [0.1, 0.15) is 5.82 Å². The van der Waals surface area contributed by atoms with Gasteiger partial charge in [-0.25, -0.2) is 9.67 Å². The molecule has 2 aromatic heterocycles. The number of nitrogens with zero attached hydrogens (tertiary/aromatic N) is 5. The van der Waals surface area contributed by atoms with E-state index in [1.165, 1.54) is 32.1 Å². The molecule has 1 aliphatic heterocycles. The molecule has 0 saturated carbocycles. The fraction of sp³-hybridized carbons (Fsp3) is 0.500. The monoisotopic (exact) mass is 339 g/mol. The van der Waals surface area contributed by atoms with Crippen molar-refractivity contribution in [2.75, 3.05) is 18.1 Å². The molecule has 0 fully saturated rings. The van der Waals surface area contributed by atoms with E-state index in [0.717, 1.165) is 36.2 Å². The topological polar surface area (TPSA) is 37.2 Å². The third kappa shape index (κ3) is 4.41. The van der Waals surface area contributed by atoms with Crippen LogP contribution in [-0.2, 0) is 0 Å². The normalized spacial score (nSPS) is 13.9. The molecule has 134 valence electrons. The zero-order valence-electron chi connectivity index (χ0n) is 15.6. The summed E-state index contributed by atoms with van der Waals surface area (Å²) in [6.45, 7) is 8.32. The molecule has 1 aliphatic rings. The van der Waals surface area contributed by atoms with E-state index < -0.39 is 0 Å². The minimum Gasteiger partial charge on any atom is -0.358 e. The summed E-state index contributed by atoms with van der Waals surface area (Å²) < 4.78 is 1.91. The van der Waals surface area contributed by atoms with Crippen LogP contribution < -0.4 is 4.90 Å². The number of hydrogen-bond donors (Lipinski definition) is 0. The molecular formula is C20H29N5. The minimum absolute atomic E-state index is 0.870. The van der Waals surface area contributed by atoms with Gasteiger partial charge >= 0.3 is 0 Å². The molecule has 0 atom stereocenters. The smallest absolute Gasteiger partial charge is 0.156 e. The fourth-order valence-corrected chi connectivity index (χ4v) is 3.23. The van der Waals surface area contributed by atoms with Crippen LogP contribution in [0.3, 0.4) is 0 Å². The number of pyridine rings is 1. The van der Waals surface area contributed by atoms with E-state index >= 15 is 0 Å². The Labute approximate surface area is 151 Å². The quantitative estimate of drug-likeness (QED) is 0.668. The Morgan fingerprint density at radius 3 is 2.56 bits per heavy atom. The van der Waals surface area contributed by atoms with Gasteiger partial charge in [0.05, 0.1) is 12.4 Å². The van der Waals surface area contributed by atoms with Gasteiger partial charge in [0.25, 0.3) is 0 Å². The van der Waals surface area contributed by atoms with E-state index in [1.54, 1.807) is 0 Å². The van der Waals surface area contributed by atoms with Crippen molar-refractivity contribution in [2.24, 2.45) is 0 Å². The molecule has 0 aromatic carbocycles. The van der Waals surface area contributed by atoms with Crippen molar-refractivity contribution >= 4 is 5.82 Å². The first-order valence-corrected chi connectivity index (χ1v) is 9.37. The lowest BCUT2D eigenvalue weighted by Crippen LogP contribution is -2.26. The van der Waals surface area contributed by atoms with Gasteiger partial charge in [0, 0.05) is 24.6 Å². The molecule has 5 heteroatoms. The van der Waals surface area contributed by atoms with Gasteiger partial charge in [-0.1, -0.05) is 38.7 Å². The van der Waals surface area contributed by atoms with Crippen molar-refractivity contribution in [3.8, 4) is 5.82 Å². The van der Waals surface area contributed by atoms with E-state index in [-0.39, 0.29) is 0 Å². The minimum atomic E-state index is 0.870. The second-order valence-electron chi connectivity index (χ2n) is 6.83. The zero-order valence-corrected chi connectivity index (χ0v) is 15.6. The summed E-state index contributed by atoms with van der Waals surface area (Å²) in [7, 11) is 0. The standard InChI is InChI=1S/C20H29N5/c1-4-5-6-7-8-12-23-13-14-24(16-23)19-10-9-11-20(21-19)25-18(3)15-17(2)22-25/h9-11,13-15H,4-8,12,16H2,1-3H3. The first-order valence-electron chi connectivity index (χ1n) is 9.37. The van der Waals surface area contributed by atoms with Crippen LogP contribution >= 0.6 is 0 Å². The summed E-state index contributed by atoms with van der Waals surface area (Å²) in [6, 6.07) is 8.19. The maximum atomic E-state index is 4.80. The second kappa shape index (κ2) is 8.19. The molecule has 0 radical (unpaired) electrons. The third-order valence-corrected chi connectivity index (χ3v) is 4.58. The number of unbranched alkanes of at least 4 members (excludes halogenated alkanes) is 4. The Morgan fingerprint density at radius 1 is 1.00 bits per heavy atom.